The number of carbonyl (C=O) groups is 1. The number of hydrogen-bond acceptors (Lipinski definition) is 6. The average molecular weight is 348 g/mol. The summed E-state index contributed by atoms with van der Waals surface area (Å²) in [6, 6.07) is 0. The fourth-order valence-corrected chi connectivity index (χ4v) is 4.10. The third kappa shape index (κ3) is 6.34. The number of piperazine rings is 1. The fraction of sp³-hybridized carbons (Fsp3) is 0.929. The molecule has 0 atom stereocenters. The van der Waals surface area contributed by atoms with Crippen LogP contribution in [0.4, 0.5) is 0 Å². The lowest BCUT2D eigenvalue weighted by Gasteiger charge is -2.31. The molecule has 0 spiro atoms. The molecule has 1 amide bonds. The highest BCUT2D eigenvalue weighted by Crippen LogP contribution is 2.08. The molecule has 134 valence electrons. The van der Waals surface area contributed by atoms with E-state index in [4.69, 9.17) is 4.74 Å². The molecule has 0 aromatic heterocycles. The zero-order chi connectivity index (χ0) is 16.7. The van der Waals surface area contributed by atoms with E-state index >= 15 is 0 Å². The zero-order valence-electron chi connectivity index (χ0n) is 13.9. The van der Waals surface area contributed by atoms with Gasteiger partial charge in [-0.2, -0.15) is 4.31 Å². The van der Waals surface area contributed by atoms with Crippen molar-refractivity contribution in [3.05, 3.63) is 0 Å². The predicted octanol–water partition coefficient (Wildman–Crippen LogP) is -1.60. The highest BCUT2D eigenvalue weighted by molar-refractivity contribution is 7.89. The number of hydrogen-bond donors (Lipinski definition) is 1. The molecular weight excluding hydrogens is 320 g/mol. The summed E-state index contributed by atoms with van der Waals surface area (Å²) in [4.78, 5) is 16.1. The third-order valence-corrected chi connectivity index (χ3v) is 6.17. The van der Waals surface area contributed by atoms with E-state index < -0.39 is 10.0 Å². The fourth-order valence-electron chi connectivity index (χ4n) is 2.68. The summed E-state index contributed by atoms with van der Waals surface area (Å²) in [6.45, 7) is 7.06. The van der Waals surface area contributed by atoms with Gasteiger partial charge in [0.1, 0.15) is 0 Å². The van der Waals surface area contributed by atoms with Crippen molar-refractivity contribution in [3.63, 3.8) is 0 Å². The maximum atomic E-state index is 12.2. The molecule has 0 bridgehead atoms. The van der Waals surface area contributed by atoms with Crippen molar-refractivity contribution in [2.75, 3.05) is 78.4 Å². The van der Waals surface area contributed by atoms with Crippen LogP contribution in [0.25, 0.3) is 0 Å². The molecule has 0 aromatic carbocycles. The molecule has 8 nitrogen and oxygen atoms in total. The van der Waals surface area contributed by atoms with Gasteiger partial charge in [-0.1, -0.05) is 0 Å². The first-order chi connectivity index (χ1) is 11.0. The third-order valence-electron chi connectivity index (χ3n) is 4.30. The molecule has 0 saturated carbocycles. The monoisotopic (exact) mass is 348 g/mol. The number of carbonyl (C=O) groups excluding carboxylic acids is 1. The number of rotatable bonds is 7. The molecule has 2 saturated heterocycles. The van der Waals surface area contributed by atoms with Crippen LogP contribution in [0.5, 0.6) is 0 Å². The van der Waals surface area contributed by atoms with Crippen LogP contribution in [0.15, 0.2) is 0 Å². The summed E-state index contributed by atoms with van der Waals surface area (Å²) in [6.07, 6.45) is 0.0256. The van der Waals surface area contributed by atoms with Gasteiger partial charge >= 0.3 is 0 Å². The van der Waals surface area contributed by atoms with Gasteiger partial charge in [-0.3, -0.25) is 9.69 Å². The van der Waals surface area contributed by atoms with Gasteiger partial charge < -0.3 is 15.0 Å². The lowest BCUT2D eigenvalue weighted by atomic mass is 10.4. The standard InChI is InChI=1S/C14H28N4O4S/c1-16-5-7-18(8-6-16)23(20,21)13-2-14(19)15-3-4-17-9-11-22-12-10-17/h2-13H2,1H3,(H,15,19). The first-order valence-electron chi connectivity index (χ1n) is 8.20. The second kappa shape index (κ2) is 8.93. The van der Waals surface area contributed by atoms with Crippen LogP contribution in [0.2, 0.25) is 0 Å². The summed E-state index contributed by atoms with van der Waals surface area (Å²) < 4.78 is 31.2. The Kier molecular flexibility index (Phi) is 7.22. The van der Waals surface area contributed by atoms with Crippen LogP contribution in [0, 0.1) is 0 Å². The molecule has 0 aliphatic carbocycles. The van der Waals surface area contributed by atoms with E-state index in [2.05, 4.69) is 15.1 Å². The van der Waals surface area contributed by atoms with Crippen LogP contribution < -0.4 is 5.32 Å². The van der Waals surface area contributed by atoms with Gasteiger partial charge in [-0.05, 0) is 7.05 Å². The summed E-state index contributed by atoms with van der Waals surface area (Å²) >= 11 is 0. The van der Waals surface area contributed by atoms with Crippen molar-refractivity contribution in [2.24, 2.45) is 0 Å². The van der Waals surface area contributed by atoms with Gasteiger partial charge in [0.2, 0.25) is 15.9 Å². The minimum absolute atomic E-state index is 0.0256. The van der Waals surface area contributed by atoms with E-state index in [1.54, 1.807) is 0 Å². The van der Waals surface area contributed by atoms with Crippen molar-refractivity contribution in [2.45, 2.75) is 6.42 Å². The summed E-state index contributed by atoms with van der Waals surface area (Å²) in [5.41, 5.74) is 0. The molecule has 0 radical (unpaired) electrons. The average Bonchev–Trinajstić information content (AvgIpc) is 2.54. The molecule has 2 rings (SSSR count). The number of sulfonamides is 1. The molecule has 9 heteroatoms. The minimum Gasteiger partial charge on any atom is -0.379 e. The Balaban J connectivity index is 1.63. The highest BCUT2D eigenvalue weighted by atomic mass is 32.2. The molecule has 2 aliphatic rings. The lowest BCUT2D eigenvalue weighted by Crippen LogP contribution is -2.48. The minimum atomic E-state index is -3.33. The van der Waals surface area contributed by atoms with E-state index in [9.17, 15) is 13.2 Å². The van der Waals surface area contributed by atoms with Crippen molar-refractivity contribution in [3.8, 4) is 0 Å². The molecule has 1 N–H and O–H groups in total. The van der Waals surface area contributed by atoms with E-state index in [0.29, 0.717) is 19.6 Å². The number of nitrogens with zero attached hydrogens (tertiary/aromatic N) is 3. The highest BCUT2D eigenvalue weighted by Gasteiger charge is 2.26. The van der Waals surface area contributed by atoms with Crippen LogP contribution >= 0.6 is 0 Å². The molecule has 0 aromatic rings. The number of amides is 1. The summed E-state index contributed by atoms with van der Waals surface area (Å²) in [7, 11) is -1.35. The maximum Gasteiger partial charge on any atom is 0.221 e. The van der Waals surface area contributed by atoms with Crippen LogP contribution in [0.3, 0.4) is 0 Å². The molecule has 2 aliphatic heterocycles. The second-order valence-corrected chi connectivity index (χ2v) is 8.16. The van der Waals surface area contributed by atoms with Crippen LogP contribution in [0.1, 0.15) is 6.42 Å². The van der Waals surface area contributed by atoms with E-state index in [1.807, 2.05) is 7.05 Å². The molecule has 0 unspecified atom stereocenters. The number of ether oxygens (including phenoxy) is 1. The largest absolute Gasteiger partial charge is 0.379 e. The first kappa shape index (κ1) is 18.6. The summed E-state index contributed by atoms with van der Waals surface area (Å²) in [5.74, 6) is -0.309. The van der Waals surface area contributed by atoms with Gasteiger partial charge in [0.05, 0.1) is 19.0 Å². The Morgan fingerprint density at radius 2 is 1.74 bits per heavy atom. The maximum absolute atomic E-state index is 12.2. The molecule has 23 heavy (non-hydrogen) atoms. The molecule has 2 heterocycles. The van der Waals surface area contributed by atoms with E-state index in [-0.39, 0.29) is 18.1 Å². The van der Waals surface area contributed by atoms with Crippen molar-refractivity contribution in [1.29, 1.82) is 0 Å². The number of likely N-dealkylation sites (N-methyl/N-ethyl adjacent to an activating group) is 1. The van der Waals surface area contributed by atoms with Gasteiger partial charge in [0.25, 0.3) is 0 Å². The Morgan fingerprint density at radius 3 is 2.39 bits per heavy atom. The zero-order valence-corrected chi connectivity index (χ0v) is 14.7. The Labute approximate surface area is 138 Å². The summed E-state index contributed by atoms with van der Waals surface area (Å²) in [5, 5.41) is 2.80. The number of nitrogens with one attached hydrogen (secondary N) is 1. The smallest absolute Gasteiger partial charge is 0.221 e. The van der Waals surface area contributed by atoms with Crippen molar-refractivity contribution >= 4 is 15.9 Å². The van der Waals surface area contributed by atoms with Gasteiger partial charge in [0, 0.05) is 58.8 Å². The molecular formula is C14H28N4O4S. The van der Waals surface area contributed by atoms with Gasteiger partial charge in [0.15, 0.2) is 0 Å². The second-order valence-electron chi connectivity index (χ2n) is 6.07. The van der Waals surface area contributed by atoms with Crippen LogP contribution in [-0.4, -0.2) is 107 Å². The van der Waals surface area contributed by atoms with E-state index in [1.165, 1.54) is 4.31 Å². The van der Waals surface area contributed by atoms with Crippen LogP contribution in [-0.2, 0) is 19.6 Å². The number of morpholine rings is 1. The Bertz CT molecular complexity index is 471. The quantitative estimate of drug-likeness (QED) is 0.597. The Morgan fingerprint density at radius 1 is 1.09 bits per heavy atom. The van der Waals surface area contributed by atoms with Gasteiger partial charge in [-0.15, -0.1) is 0 Å². The molecule has 2 fully saturated rings. The predicted molar refractivity (Wildman–Crippen MR) is 87.7 cm³/mol. The normalized spacial score (nSPS) is 22.1. The SMILES string of the molecule is CN1CCN(S(=O)(=O)CCC(=O)NCCN2CCOCC2)CC1. The first-order valence-corrected chi connectivity index (χ1v) is 9.81. The lowest BCUT2D eigenvalue weighted by molar-refractivity contribution is -0.120. The topological polar surface area (TPSA) is 82.2 Å². The Hall–Kier alpha value is -0.740. The van der Waals surface area contributed by atoms with Gasteiger partial charge in [-0.25, -0.2) is 8.42 Å². The van der Waals surface area contributed by atoms with E-state index in [0.717, 1.165) is 45.9 Å². The van der Waals surface area contributed by atoms with Crippen molar-refractivity contribution in [1.82, 2.24) is 19.4 Å². The van der Waals surface area contributed by atoms with Crippen molar-refractivity contribution < 1.29 is 17.9 Å².